The summed E-state index contributed by atoms with van der Waals surface area (Å²) in [6.45, 7) is 23.2. The van der Waals surface area contributed by atoms with Crippen LogP contribution in [0.4, 0.5) is 0 Å². The fourth-order valence-corrected chi connectivity index (χ4v) is 7.54. The first-order chi connectivity index (χ1) is 15.4. The number of aliphatic hydroxyl groups is 1. The van der Waals surface area contributed by atoms with Crippen LogP contribution in [0.2, 0.25) is 0 Å². The van der Waals surface area contributed by atoms with Gasteiger partial charge < -0.3 is 14.6 Å². The third-order valence-corrected chi connectivity index (χ3v) is 11.7. The third kappa shape index (κ3) is 10.5. The average Bonchev–Trinajstić information content (AvgIpc) is 3.21. The van der Waals surface area contributed by atoms with Crippen LogP contribution < -0.4 is 0 Å². The van der Waals surface area contributed by atoms with Gasteiger partial charge in [-0.05, 0) is 42.4 Å². The molecule has 0 spiro atoms. The maximum atomic E-state index is 10.8. The highest BCUT2D eigenvalue weighted by Gasteiger charge is 2.39. The van der Waals surface area contributed by atoms with Gasteiger partial charge in [0, 0.05) is 29.3 Å². The van der Waals surface area contributed by atoms with E-state index in [2.05, 4.69) is 62.3 Å². The van der Waals surface area contributed by atoms with E-state index >= 15 is 0 Å². The number of rotatable bonds is 7. The van der Waals surface area contributed by atoms with Crippen molar-refractivity contribution in [3.63, 3.8) is 0 Å². The summed E-state index contributed by atoms with van der Waals surface area (Å²) in [6.07, 6.45) is 4.57. The Balaban J connectivity index is 0.000000472. The van der Waals surface area contributed by atoms with Gasteiger partial charge in [-0.1, -0.05) is 75.7 Å². The predicted molar refractivity (Wildman–Crippen MR) is 145 cm³/mol. The van der Waals surface area contributed by atoms with Crippen molar-refractivity contribution in [3.8, 4) is 0 Å². The van der Waals surface area contributed by atoms with Crippen molar-refractivity contribution >= 4 is 35.8 Å². The number of carbonyl (C=O) groups excluding carboxylic acids is 2. The molecule has 196 valence electrons. The van der Waals surface area contributed by atoms with E-state index in [4.69, 9.17) is 4.74 Å². The van der Waals surface area contributed by atoms with Gasteiger partial charge in [-0.3, -0.25) is 4.79 Å². The Morgan fingerprint density at radius 2 is 1.39 bits per heavy atom. The van der Waals surface area contributed by atoms with Crippen molar-refractivity contribution in [1.82, 2.24) is 0 Å². The highest BCUT2D eigenvalue weighted by Crippen LogP contribution is 2.44. The Morgan fingerprint density at radius 3 is 1.70 bits per heavy atom. The normalized spacial score (nSPS) is 35.9. The molecular weight excluding hydrogens is 452 g/mol. The van der Waals surface area contributed by atoms with Crippen molar-refractivity contribution in [2.45, 2.75) is 117 Å². The molecule has 11 atom stereocenters. The van der Waals surface area contributed by atoms with Crippen molar-refractivity contribution < 1.29 is 19.4 Å². The van der Waals surface area contributed by atoms with Crippen LogP contribution in [0.1, 0.15) is 95.4 Å². The number of ether oxygens (including phenoxy) is 1. The van der Waals surface area contributed by atoms with E-state index in [-0.39, 0.29) is 22.8 Å². The van der Waals surface area contributed by atoms with Crippen molar-refractivity contribution in [2.24, 2.45) is 41.4 Å². The molecule has 2 fully saturated rings. The van der Waals surface area contributed by atoms with Crippen LogP contribution in [0.3, 0.4) is 0 Å². The molecule has 1 N–H and O–H groups in total. The van der Waals surface area contributed by atoms with Gasteiger partial charge in [-0.2, -0.15) is 0 Å². The Kier molecular flexibility index (Phi) is 16.4. The summed E-state index contributed by atoms with van der Waals surface area (Å²) in [6, 6.07) is 0. The molecule has 2 heterocycles. The van der Waals surface area contributed by atoms with Gasteiger partial charge in [0.1, 0.15) is 11.7 Å². The lowest BCUT2D eigenvalue weighted by Crippen LogP contribution is -2.19. The predicted octanol–water partition coefficient (Wildman–Crippen LogP) is 7.28. The maximum absolute atomic E-state index is 10.8. The van der Waals surface area contributed by atoms with Crippen LogP contribution in [0.15, 0.2) is 0 Å². The second-order valence-corrected chi connectivity index (χ2v) is 12.9. The summed E-state index contributed by atoms with van der Waals surface area (Å²) in [5.41, 5.74) is -0.0302. The summed E-state index contributed by atoms with van der Waals surface area (Å²) in [5.74, 6) is 3.56. The van der Waals surface area contributed by atoms with Crippen LogP contribution in [0.25, 0.3) is 0 Å². The number of aliphatic hydroxyl groups excluding tert-OH is 1. The Labute approximate surface area is 213 Å². The number of hydrogen-bond acceptors (Lipinski definition) is 6. The van der Waals surface area contributed by atoms with E-state index < -0.39 is 0 Å². The van der Waals surface area contributed by atoms with E-state index in [0.717, 1.165) is 12.7 Å². The Hall–Kier alpha value is -0.200. The largest absolute Gasteiger partial charge is 0.451 e. The molecule has 0 aromatic heterocycles. The van der Waals surface area contributed by atoms with Crippen molar-refractivity contribution in [2.75, 3.05) is 0 Å². The van der Waals surface area contributed by atoms with Gasteiger partial charge in [0.05, 0.1) is 0 Å². The molecule has 2 rings (SSSR count). The molecule has 4 nitrogen and oxygen atoms in total. The topological polar surface area (TPSA) is 63.6 Å². The van der Waals surface area contributed by atoms with Crippen LogP contribution in [0, 0.1) is 41.4 Å². The highest BCUT2D eigenvalue weighted by molar-refractivity contribution is 8.00. The number of thioether (sulfide) groups is 2. The molecule has 0 aliphatic carbocycles. The summed E-state index contributed by atoms with van der Waals surface area (Å²) < 4.78 is 5.25. The first kappa shape index (κ1) is 32.8. The van der Waals surface area contributed by atoms with Crippen molar-refractivity contribution in [3.05, 3.63) is 0 Å². The second-order valence-electron chi connectivity index (χ2n) is 10.2. The highest BCUT2D eigenvalue weighted by atomic mass is 32.2. The minimum Gasteiger partial charge on any atom is -0.451 e. The smallest absolute Gasteiger partial charge is 0.303 e. The van der Waals surface area contributed by atoms with E-state index in [0.29, 0.717) is 46.0 Å². The van der Waals surface area contributed by atoms with E-state index in [1.807, 2.05) is 18.7 Å². The molecule has 0 radical (unpaired) electrons. The van der Waals surface area contributed by atoms with Crippen LogP contribution >= 0.6 is 23.5 Å². The lowest BCUT2D eigenvalue weighted by atomic mass is 9.84. The minimum atomic E-state index is -0.159. The molecular formula is C27H52O4S2. The fourth-order valence-electron chi connectivity index (χ4n) is 4.28. The first-order valence-electron chi connectivity index (χ1n) is 13.0. The third-order valence-electron chi connectivity index (χ3n) is 8.01. The monoisotopic (exact) mass is 504 g/mol. The molecule has 2 aliphatic heterocycles. The summed E-state index contributed by atoms with van der Waals surface area (Å²) in [4.78, 5) is 21.2. The zero-order valence-corrected chi connectivity index (χ0v) is 24.7. The molecule has 0 aromatic rings. The minimum absolute atomic E-state index is 0.0810. The standard InChI is InChI=1S/C10H18O2S.C9H18O.C8H16OS/c1-5-9-6(2)7(3)10(13-9)12-8(4)11;1-5-7(2)9(4)8(3)6-10;1-4-7-5(2)6(3)8(9)10-7/h6-7,9-10H,5H2,1-4H3;6-9H,5H2,1-4H3;5-9H,4H2,1-3H3/t6-,7-,9+,10?;7-,8+,9+;5-,6-,7+,8?/m000/s1. The van der Waals surface area contributed by atoms with Gasteiger partial charge in [-0.15, -0.1) is 23.5 Å². The Morgan fingerprint density at radius 1 is 0.909 bits per heavy atom. The van der Waals surface area contributed by atoms with Gasteiger partial charge in [0.2, 0.25) is 0 Å². The molecule has 33 heavy (non-hydrogen) atoms. The molecule has 2 aliphatic rings. The van der Waals surface area contributed by atoms with Crippen LogP contribution in [-0.2, 0) is 14.3 Å². The molecule has 6 heteroatoms. The lowest BCUT2D eigenvalue weighted by Gasteiger charge is -2.20. The molecule has 0 bridgehead atoms. The van der Waals surface area contributed by atoms with Crippen LogP contribution in [-0.4, -0.2) is 38.7 Å². The average molecular weight is 505 g/mol. The van der Waals surface area contributed by atoms with Crippen LogP contribution in [0.5, 0.6) is 0 Å². The summed E-state index contributed by atoms with van der Waals surface area (Å²) in [5, 5.41) is 10.8. The van der Waals surface area contributed by atoms with Crippen molar-refractivity contribution in [1.29, 1.82) is 0 Å². The van der Waals surface area contributed by atoms with E-state index in [1.54, 1.807) is 11.8 Å². The number of carbonyl (C=O) groups is 2. The molecule has 0 saturated carbocycles. The fraction of sp³-hybridized carbons (Fsp3) is 0.926. The van der Waals surface area contributed by atoms with Gasteiger partial charge >= 0.3 is 5.97 Å². The molecule has 2 unspecified atom stereocenters. The maximum Gasteiger partial charge on any atom is 0.303 e. The number of esters is 1. The number of hydrogen-bond donors (Lipinski definition) is 1. The zero-order valence-electron chi connectivity index (χ0n) is 23.0. The molecule has 0 amide bonds. The first-order valence-corrected chi connectivity index (χ1v) is 14.9. The van der Waals surface area contributed by atoms with E-state index in [9.17, 15) is 14.7 Å². The van der Waals surface area contributed by atoms with Gasteiger partial charge in [0.15, 0.2) is 5.44 Å². The lowest BCUT2D eigenvalue weighted by molar-refractivity contribution is -0.144. The van der Waals surface area contributed by atoms with E-state index in [1.165, 1.54) is 19.8 Å². The molecule has 2 saturated heterocycles. The second kappa shape index (κ2) is 16.5. The summed E-state index contributed by atoms with van der Waals surface area (Å²) in [7, 11) is 0. The quantitative estimate of drug-likeness (QED) is 0.290. The molecule has 0 aromatic carbocycles. The Bertz CT molecular complexity index is 558. The summed E-state index contributed by atoms with van der Waals surface area (Å²) >= 11 is 3.55. The van der Waals surface area contributed by atoms with Gasteiger partial charge in [-0.25, -0.2) is 0 Å². The number of aldehydes is 1. The SMILES string of the molecule is CC[C@H](C)[C@@H](C)[C@H](C)C=O.CC[C@H]1SC(O)[C@@H](C)[C@@H]1C.CC[C@H]1SC(OC(C)=O)[C@@H](C)[C@@H]1C. The van der Waals surface area contributed by atoms with Gasteiger partial charge in [0.25, 0.3) is 0 Å². The zero-order chi connectivity index (χ0) is 25.9.